The lowest BCUT2D eigenvalue weighted by atomic mass is 9.97. The van der Waals surface area contributed by atoms with Crippen LogP contribution in [0.1, 0.15) is 39.7 Å². The van der Waals surface area contributed by atoms with E-state index in [1.165, 1.54) is 6.07 Å². The summed E-state index contributed by atoms with van der Waals surface area (Å²) in [6, 6.07) is 4.82. The van der Waals surface area contributed by atoms with Gasteiger partial charge in [-0.25, -0.2) is 0 Å². The fraction of sp³-hybridized carbons (Fsp3) is 0.600. The van der Waals surface area contributed by atoms with E-state index >= 15 is 0 Å². The third kappa shape index (κ3) is 3.33. The maximum Gasteiger partial charge on any atom is 0.311 e. The van der Waals surface area contributed by atoms with Gasteiger partial charge in [0.15, 0.2) is 5.75 Å². The molecule has 1 atom stereocenters. The topological polar surface area (TPSA) is 87.6 Å². The van der Waals surface area contributed by atoms with Crippen molar-refractivity contribution >= 4 is 5.69 Å². The van der Waals surface area contributed by atoms with Gasteiger partial charge in [-0.15, -0.1) is 0 Å². The Labute approximate surface area is 124 Å². The second kappa shape index (κ2) is 5.27. The largest absolute Gasteiger partial charge is 0.480 e. The Morgan fingerprint density at radius 2 is 2.10 bits per heavy atom. The molecule has 1 saturated heterocycles. The summed E-state index contributed by atoms with van der Waals surface area (Å²) in [5, 5.41) is 11.2. The first kappa shape index (κ1) is 15.7. The van der Waals surface area contributed by atoms with E-state index in [2.05, 4.69) is 0 Å². The normalized spacial score (nSPS) is 23.0. The molecular weight excluding hydrogens is 272 g/mol. The summed E-state index contributed by atoms with van der Waals surface area (Å²) >= 11 is 0. The molecule has 1 aliphatic heterocycles. The highest BCUT2D eigenvalue weighted by Crippen LogP contribution is 2.41. The van der Waals surface area contributed by atoms with Crippen molar-refractivity contribution in [1.82, 2.24) is 0 Å². The van der Waals surface area contributed by atoms with E-state index < -0.39 is 10.5 Å². The average molecular weight is 294 g/mol. The molecule has 1 fully saturated rings. The smallest absolute Gasteiger partial charge is 0.311 e. The Balaban J connectivity index is 2.29. The van der Waals surface area contributed by atoms with Crippen LogP contribution in [-0.4, -0.2) is 22.2 Å². The fourth-order valence-electron chi connectivity index (χ4n) is 2.78. The molecule has 21 heavy (non-hydrogen) atoms. The van der Waals surface area contributed by atoms with Gasteiger partial charge < -0.3 is 15.2 Å². The summed E-state index contributed by atoms with van der Waals surface area (Å²) in [4.78, 5) is 10.8. The Morgan fingerprint density at radius 1 is 1.43 bits per heavy atom. The molecule has 0 aliphatic carbocycles. The molecule has 2 N–H and O–H groups in total. The number of nitrogens with two attached hydrogens (primary N) is 1. The van der Waals surface area contributed by atoms with Crippen molar-refractivity contribution in [3.63, 3.8) is 0 Å². The van der Waals surface area contributed by atoms with Gasteiger partial charge in [-0.2, -0.15) is 0 Å². The van der Waals surface area contributed by atoms with Crippen LogP contribution in [0, 0.1) is 10.1 Å². The zero-order chi connectivity index (χ0) is 15.8. The van der Waals surface area contributed by atoms with Crippen LogP contribution >= 0.6 is 0 Å². The summed E-state index contributed by atoms with van der Waals surface area (Å²) in [5.74, 6) is 0.261. The molecule has 0 amide bonds. The van der Waals surface area contributed by atoms with Gasteiger partial charge >= 0.3 is 5.69 Å². The Morgan fingerprint density at radius 3 is 2.57 bits per heavy atom. The highest BCUT2D eigenvalue weighted by molar-refractivity contribution is 5.49. The average Bonchev–Trinajstić information content (AvgIpc) is 2.57. The van der Waals surface area contributed by atoms with E-state index in [0.29, 0.717) is 12.0 Å². The van der Waals surface area contributed by atoms with Crippen LogP contribution in [0.15, 0.2) is 18.2 Å². The summed E-state index contributed by atoms with van der Waals surface area (Å²) < 4.78 is 11.9. The number of benzene rings is 1. The minimum absolute atomic E-state index is 0.0570. The van der Waals surface area contributed by atoms with Gasteiger partial charge in [0.2, 0.25) is 0 Å². The second-order valence-corrected chi connectivity index (χ2v) is 6.54. The third-order valence-electron chi connectivity index (χ3n) is 3.72. The molecule has 1 unspecified atom stereocenters. The molecule has 116 valence electrons. The van der Waals surface area contributed by atoms with Gasteiger partial charge in [-0.1, -0.05) is 6.07 Å². The lowest BCUT2D eigenvalue weighted by Crippen LogP contribution is -2.36. The molecule has 0 saturated carbocycles. The Hall–Kier alpha value is -1.66. The van der Waals surface area contributed by atoms with Gasteiger partial charge in [0.25, 0.3) is 0 Å². The Kier molecular flexibility index (Phi) is 3.95. The maximum atomic E-state index is 11.2. The van der Waals surface area contributed by atoms with Gasteiger partial charge in [-0.3, -0.25) is 10.1 Å². The van der Waals surface area contributed by atoms with Crippen molar-refractivity contribution in [3.8, 4) is 5.75 Å². The number of nitro benzene ring substituents is 1. The fourth-order valence-corrected chi connectivity index (χ4v) is 2.78. The number of hydrogen-bond donors (Lipinski definition) is 1. The Bertz CT molecular complexity index is 555. The monoisotopic (exact) mass is 294 g/mol. The molecule has 1 aromatic carbocycles. The van der Waals surface area contributed by atoms with Gasteiger partial charge in [0, 0.05) is 19.0 Å². The van der Waals surface area contributed by atoms with Gasteiger partial charge in [-0.05, 0) is 39.3 Å². The lowest BCUT2D eigenvalue weighted by Gasteiger charge is -2.27. The summed E-state index contributed by atoms with van der Waals surface area (Å²) in [5.41, 5.74) is 5.37. The molecule has 0 aromatic heterocycles. The molecule has 1 aromatic rings. The quantitative estimate of drug-likeness (QED) is 0.681. The lowest BCUT2D eigenvalue weighted by molar-refractivity contribution is -0.386. The molecule has 6 heteroatoms. The minimum atomic E-state index is -0.496. The van der Waals surface area contributed by atoms with E-state index in [9.17, 15) is 10.1 Å². The van der Waals surface area contributed by atoms with Crippen LogP contribution in [0.3, 0.4) is 0 Å². The zero-order valence-electron chi connectivity index (χ0n) is 12.9. The molecule has 1 aliphatic rings. The third-order valence-corrected chi connectivity index (χ3v) is 3.72. The van der Waals surface area contributed by atoms with Crippen molar-refractivity contribution in [2.45, 2.75) is 58.0 Å². The van der Waals surface area contributed by atoms with Crippen LogP contribution in [0.5, 0.6) is 5.75 Å². The number of rotatable bonds is 4. The number of hydrogen-bond acceptors (Lipinski definition) is 5. The van der Waals surface area contributed by atoms with Crippen molar-refractivity contribution in [3.05, 3.63) is 33.9 Å². The van der Waals surface area contributed by atoms with E-state index in [-0.39, 0.29) is 29.7 Å². The van der Waals surface area contributed by atoms with Crippen molar-refractivity contribution in [2.75, 3.05) is 0 Å². The SMILES string of the molecule is CC1(C)CC(Oc2ccc(CN)cc2[N+](=O)[O-])C(C)(C)O1. The van der Waals surface area contributed by atoms with Crippen LogP contribution in [-0.2, 0) is 11.3 Å². The zero-order valence-corrected chi connectivity index (χ0v) is 12.9. The highest BCUT2D eigenvalue weighted by Gasteiger charge is 2.48. The van der Waals surface area contributed by atoms with E-state index in [1.54, 1.807) is 12.1 Å². The number of nitro groups is 1. The van der Waals surface area contributed by atoms with Crippen LogP contribution in [0.4, 0.5) is 5.69 Å². The molecule has 1 heterocycles. The summed E-state index contributed by atoms with van der Waals surface area (Å²) in [6.45, 7) is 8.11. The standard InChI is InChI=1S/C15H22N2O4/c1-14(2)8-13(15(3,4)21-14)20-12-6-5-10(9-16)7-11(12)17(18)19/h5-7,13H,8-9,16H2,1-4H3. The predicted octanol–water partition coefficient (Wildman–Crippen LogP) is 2.78. The molecule has 0 radical (unpaired) electrons. The number of nitrogens with zero attached hydrogens (tertiary/aromatic N) is 1. The highest BCUT2D eigenvalue weighted by atomic mass is 16.6. The molecular formula is C15H22N2O4. The van der Waals surface area contributed by atoms with Crippen molar-refractivity contribution in [2.24, 2.45) is 5.73 Å². The van der Waals surface area contributed by atoms with Crippen LogP contribution < -0.4 is 10.5 Å². The van der Waals surface area contributed by atoms with Crippen LogP contribution in [0.25, 0.3) is 0 Å². The first-order valence-corrected chi connectivity index (χ1v) is 6.99. The van der Waals surface area contributed by atoms with E-state index in [4.69, 9.17) is 15.2 Å². The molecule has 0 bridgehead atoms. The number of ether oxygens (including phenoxy) is 2. The predicted molar refractivity (Wildman–Crippen MR) is 79.3 cm³/mol. The van der Waals surface area contributed by atoms with Gasteiger partial charge in [0.1, 0.15) is 11.7 Å². The molecule has 2 rings (SSSR count). The first-order chi connectivity index (χ1) is 9.64. The van der Waals surface area contributed by atoms with Crippen LogP contribution in [0.2, 0.25) is 0 Å². The second-order valence-electron chi connectivity index (χ2n) is 6.54. The summed E-state index contributed by atoms with van der Waals surface area (Å²) in [6.07, 6.45) is 0.436. The first-order valence-electron chi connectivity index (χ1n) is 6.99. The van der Waals surface area contributed by atoms with E-state index in [0.717, 1.165) is 0 Å². The summed E-state index contributed by atoms with van der Waals surface area (Å²) in [7, 11) is 0. The van der Waals surface area contributed by atoms with E-state index in [1.807, 2.05) is 27.7 Å². The maximum absolute atomic E-state index is 11.2. The molecule has 0 spiro atoms. The van der Waals surface area contributed by atoms with Gasteiger partial charge in [0.05, 0.1) is 10.5 Å². The minimum Gasteiger partial charge on any atom is -0.480 e. The van der Waals surface area contributed by atoms with Crippen molar-refractivity contribution < 1.29 is 14.4 Å². The molecule has 6 nitrogen and oxygen atoms in total. The van der Waals surface area contributed by atoms with Crippen molar-refractivity contribution in [1.29, 1.82) is 0 Å².